The fourth-order valence-corrected chi connectivity index (χ4v) is 46.3. The van der Waals surface area contributed by atoms with E-state index in [0.29, 0.717) is 0 Å². The molecule has 0 amide bonds. The van der Waals surface area contributed by atoms with Crippen molar-refractivity contribution in [2.45, 2.75) is 26.2 Å². The normalized spacial score (nSPS) is 25.9. The first kappa shape index (κ1) is 25.9. The molecule has 2 atom stereocenters. The van der Waals surface area contributed by atoms with Crippen molar-refractivity contribution in [1.29, 1.82) is 0 Å². The van der Waals surface area contributed by atoms with Crippen molar-refractivity contribution in [2.75, 3.05) is 0 Å². The molecule has 1 heterocycles. The first-order valence-corrected chi connectivity index (χ1v) is 24.1. The molecule has 2 unspecified atom stereocenters. The van der Waals surface area contributed by atoms with Crippen molar-refractivity contribution in [1.82, 2.24) is 7.79 Å². The van der Waals surface area contributed by atoms with E-state index in [2.05, 4.69) is 155 Å². The molecule has 0 bridgehead atoms. The van der Waals surface area contributed by atoms with Crippen LogP contribution in [0, 0.1) is 0 Å². The highest BCUT2D eigenvalue weighted by Crippen LogP contribution is 2.47. The van der Waals surface area contributed by atoms with Crippen LogP contribution in [0.25, 0.3) is 0 Å². The molecule has 1 aliphatic rings. The molecule has 184 valence electrons. The van der Waals surface area contributed by atoms with Gasteiger partial charge < -0.3 is 7.79 Å². The summed E-state index contributed by atoms with van der Waals surface area (Å²) >= 11 is 15.7. The summed E-state index contributed by atoms with van der Waals surface area (Å²) in [6.07, 6.45) is 0. The van der Waals surface area contributed by atoms with Gasteiger partial charge in [0.05, 0.1) is 0 Å². The zero-order chi connectivity index (χ0) is 25.6. The van der Waals surface area contributed by atoms with E-state index in [0.717, 1.165) is 0 Å². The largest absolute Gasteiger partial charge is 0.322 e. The Morgan fingerprint density at radius 2 is 0.722 bits per heavy atom. The lowest BCUT2D eigenvalue weighted by molar-refractivity contribution is 0.655. The Labute approximate surface area is 229 Å². The molecule has 0 aliphatic carbocycles. The molecule has 0 N–H and O–H groups in total. The van der Waals surface area contributed by atoms with Gasteiger partial charge in [-0.3, -0.25) is 0 Å². The zero-order valence-corrected chi connectivity index (χ0v) is 26.7. The minimum absolute atomic E-state index is 1.26. The molecule has 1 aliphatic heterocycles. The highest BCUT2D eigenvalue weighted by molar-refractivity contribution is 7.43. The van der Waals surface area contributed by atoms with E-state index in [1.807, 2.05) is 0 Å². The minimum Gasteiger partial charge on any atom is -0.322 e. The third-order valence-corrected chi connectivity index (χ3v) is 38.5. The van der Waals surface area contributed by atoms with Crippen molar-refractivity contribution < 1.29 is 0 Å². The number of halogens is 2. The summed E-state index contributed by atoms with van der Waals surface area (Å²) in [5.41, 5.74) is 0. The molecular weight excluding hydrogens is 548 g/mol. The molecular formula is C28H32Cl2N2Si4. The average molecular weight is 580 g/mol. The number of hydrogen-bond donors (Lipinski definition) is 0. The standard InChI is InChI=1S/C28H32Cl2N2Si4/c1-33(29,25-17-9-5-10-18-25)31-35(3,27-21-13-7-14-22-27)32(34(2,30)26-19-11-6-12-20-26)36(31,4)28-23-15-8-16-24-28/h5-24H,1-4H3. The molecule has 1 fully saturated rings. The van der Waals surface area contributed by atoms with Gasteiger partial charge in [-0.1, -0.05) is 121 Å². The van der Waals surface area contributed by atoms with Gasteiger partial charge in [-0.15, -0.1) is 22.2 Å². The lowest BCUT2D eigenvalue weighted by Crippen LogP contribution is -3.06. The number of rotatable bonds is 6. The summed E-state index contributed by atoms with van der Waals surface area (Å²) in [5.74, 6) is 0. The summed E-state index contributed by atoms with van der Waals surface area (Å²) in [5, 5.41) is 5.26. The third-order valence-electron chi connectivity index (χ3n) is 7.82. The van der Waals surface area contributed by atoms with Gasteiger partial charge in [0.25, 0.3) is 0 Å². The molecule has 0 saturated carbocycles. The summed E-state index contributed by atoms with van der Waals surface area (Å²) in [6.45, 7) is 9.60. The molecule has 2 nitrogen and oxygen atoms in total. The maximum atomic E-state index is 7.87. The van der Waals surface area contributed by atoms with Gasteiger partial charge in [0.2, 0.25) is 31.9 Å². The van der Waals surface area contributed by atoms with Gasteiger partial charge in [0.1, 0.15) is 0 Å². The fourth-order valence-electron chi connectivity index (χ4n) is 6.41. The van der Waals surface area contributed by atoms with Crippen molar-refractivity contribution in [2.24, 2.45) is 0 Å². The minimum atomic E-state index is -2.60. The fraction of sp³-hybridized carbons (Fsp3) is 0.143. The highest BCUT2D eigenvalue weighted by Gasteiger charge is 2.76. The van der Waals surface area contributed by atoms with Crippen LogP contribution in [0.5, 0.6) is 0 Å². The molecule has 1 saturated heterocycles. The highest BCUT2D eigenvalue weighted by atomic mass is 35.6. The maximum absolute atomic E-state index is 7.87. The molecule has 0 radical (unpaired) electrons. The summed E-state index contributed by atoms with van der Waals surface area (Å²) in [6, 6.07) is 43.5. The van der Waals surface area contributed by atoms with Crippen molar-refractivity contribution in [3.05, 3.63) is 121 Å². The van der Waals surface area contributed by atoms with Crippen LogP contribution in [-0.4, -0.2) is 39.7 Å². The summed E-state index contributed by atoms with van der Waals surface area (Å²) in [7, 11) is -10.2. The van der Waals surface area contributed by atoms with Gasteiger partial charge >= 0.3 is 0 Å². The van der Waals surface area contributed by atoms with Gasteiger partial charge in [-0.05, 0) is 46.9 Å². The lowest BCUT2D eigenvalue weighted by Gasteiger charge is -2.75. The average Bonchev–Trinajstić information content (AvgIpc) is 2.90. The molecule has 5 rings (SSSR count). The van der Waals surface area contributed by atoms with E-state index in [4.69, 9.17) is 22.2 Å². The predicted molar refractivity (Wildman–Crippen MR) is 166 cm³/mol. The Kier molecular flexibility index (Phi) is 6.85. The maximum Gasteiger partial charge on any atom is 0.246 e. The molecule has 0 aromatic heterocycles. The smallest absolute Gasteiger partial charge is 0.246 e. The monoisotopic (exact) mass is 578 g/mol. The van der Waals surface area contributed by atoms with Gasteiger partial charge in [0, 0.05) is 0 Å². The summed E-state index contributed by atoms with van der Waals surface area (Å²) in [4.78, 5) is 0. The van der Waals surface area contributed by atoms with E-state index < -0.39 is 31.9 Å². The van der Waals surface area contributed by atoms with Crippen LogP contribution in [0.2, 0.25) is 26.2 Å². The van der Waals surface area contributed by atoms with Crippen LogP contribution >= 0.6 is 22.2 Å². The number of benzene rings is 4. The molecule has 4 aromatic carbocycles. The van der Waals surface area contributed by atoms with Gasteiger partial charge in [-0.25, -0.2) is 0 Å². The van der Waals surface area contributed by atoms with Crippen LogP contribution in [0.3, 0.4) is 0 Å². The van der Waals surface area contributed by atoms with Crippen LogP contribution in [0.15, 0.2) is 121 Å². The Morgan fingerprint density at radius 1 is 0.472 bits per heavy atom. The number of hydrogen-bond acceptors (Lipinski definition) is 2. The number of nitrogens with zero attached hydrogens (tertiary/aromatic N) is 2. The van der Waals surface area contributed by atoms with E-state index in [9.17, 15) is 0 Å². The quantitative estimate of drug-likeness (QED) is 0.234. The third kappa shape index (κ3) is 3.87. The van der Waals surface area contributed by atoms with Crippen LogP contribution in [-0.2, 0) is 0 Å². The molecule has 0 spiro atoms. The van der Waals surface area contributed by atoms with Crippen LogP contribution < -0.4 is 20.7 Å². The van der Waals surface area contributed by atoms with Crippen LogP contribution in [0.1, 0.15) is 0 Å². The Hall–Kier alpha value is -1.75. The van der Waals surface area contributed by atoms with E-state index >= 15 is 0 Å². The Balaban J connectivity index is 1.81. The van der Waals surface area contributed by atoms with Crippen molar-refractivity contribution >= 4 is 74.8 Å². The predicted octanol–water partition coefficient (Wildman–Crippen LogP) is 5.00. The second-order valence-corrected chi connectivity index (χ2v) is 30.1. The molecule has 4 aromatic rings. The van der Waals surface area contributed by atoms with Crippen LogP contribution in [0.4, 0.5) is 0 Å². The van der Waals surface area contributed by atoms with Crippen molar-refractivity contribution in [3.63, 3.8) is 0 Å². The second-order valence-electron chi connectivity index (χ2n) is 10.1. The first-order valence-electron chi connectivity index (χ1n) is 12.4. The first-order chi connectivity index (χ1) is 17.2. The van der Waals surface area contributed by atoms with Crippen molar-refractivity contribution in [3.8, 4) is 0 Å². The molecule has 8 heteroatoms. The Morgan fingerprint density at radius 3 is 1.00 bits per heavy atom. The zero-order valence-electron chi connectivity index (χ0n) is 21.2. The van der Waals surface area contributed by atoms with E-state index in [1.165, 1.54) is 20.7 Å². The lowest BCUT2D eigenvalue weighted by atomic mass is 10.4. The van der Waals surface area contributed by atoms with E-state index in [1.54, 1.807) is 0 Å². The van der Waals surface area contributed by atoms with Gasteiger partial charge in [0.15, 0.2) is 0 Å². The van der Waals surface area contributed by atoms with Gasteiger partial charge in [-0.2, -0.15) is 0 Å². The van der Waals surface area contributed by atoms with E-state index in [-0.39, 0.29) is 0 Å². The second kappa shape index (κ2) is 9.53. The SMILES string of the molecule is C[Si](Cl)(c1ccccc1)N1[Si](C)(c2ccccc2)N([Si](C)(Cl)c2ccccc2)[Si]1(C)c1ccccc1. The molecule has 36 heavy (non-hydrogen) atoms. The topological polar surface area (TPSA) is 6.48 Å². The summed E-state index contributed by atoms with van der Waals surface area (Å²) < 4.78 is 5.73. The Bertz CT molecular complexity index is 1210.